The summed E-state index contributed by atoms with van der Waals surface area (Å²) < 4.78 is 16.2. The quantitative estimate of drug-likeness (QED) is 0.757. The van der Waals surface area contributed by atoms with Crippen LogP contribution in [-0.4, -0.2) is 38.0 Å². The van der Waals surface area contributed by atoms with Gasteiger partial charge in [-0.05, 0) is 12.3 Å². The third-order valence-electron chi connectivity index (χ3n) is 2.70. The van der Waals surface area contributed by atoms with E-state index in [4.69, 9.17) is 14.2 Å². The van der Waals surface area contributed by atoms with Crippen LogP contribution in [0.15, 0.2) is 0 Å². The largest absolute Gasteiger partial charge is 0.396 e. The number of ether oxygens (including phenoxy) is 3. The van der Waals surface area contributed by atoms with Crippen molar-refractivity contribution in [2.75, 3.05) is 26.4 Å². The topological polar surface area (TPSA) is 47.9 Å². The van der Waals surface area contributed by atoms with Crippen molar-refractivity contribution in [1.82, 2.24) is 0 Å². The van der Waals surface area contributed by atoms with E-state index in [1.165, 1.54) is 0 Å². The van der Waals surface area contributed by atoms with E-state index in [0.717, 1.165) is 6.42 Å². The molecule has 4 heteroatoms. The summed E-state index contributed by atoms with van der Waals surface area (Å²) in [6, 6.07) is 0. The molecule has 0 amide bonds. The molecule has 15 heavy (non-hydrogen) atoms. The Hall–Kier alpha value is -0.160. The molecule has 1 fully saturated rings. The van der Waals surface area contributed by atoms with Crippen LogP contribution in [0, 0.1) is 11.3 Å². The van der Waals surface area contributed by atoms with E-state index in [0.29, 0.717) is 25.7 Å². The third-order valence-corrected chi connectivity index (χ3v) is 2.70. The maximum atomic E-state index is 9.25. The van der Waals surface area contributed by atoms with Crippen molar-refractivity contribution in [3.63, 3.8) is 0 Å². The molecular formula is C11H22O4. The summed E-state index contributed by atoms with van der Waals surface area (Å²) in [5, 5.41) is 9.25. The summed E-state index contributed by atoms with van der Waals surface area (Å²) in [5.41, 5.74) is -0.238. The van der Waals surface area contributed by atoms with Gasteiger partial charge in [0.25, 0.3) is 6.48 Å². The van der Waals surface area contributed by atoms with Gasteiger partial charge in [0.15, 0.2) is 0 Å². The molecule has 0 aliphatic carbocycles. The SMILES string of the molecule is CCC1(CO)COC(OCC(C)C)OC1. The average Bonchev–Trinajstić information content (AvgIpc) is 2.27. The van der Waals surface area contributed by atoms with Crippen molar-refractivity contribution in [1.29, 1.82) is 0 Å². The van der Waals surface area contributed by atoms with Crippen LogP contribution in [-0.2, 0) is 14.2 Å². The van der Waals surface area contributed by atoms with Crippen LogP contribution in [0.4, 0.5) is 0 Å². The first kappa shape index (κ1) is 12.9. The molecule has 1 aliphatic rings. The molecule has 0 saturated carbocycles. The van der Waals surface area contributed by atoms with Gasteiger partial charge in [0.2, 0.25) is 0 Å². The predicted octanol–water partition coefficient (Wildman–Crippen LogP) is 1.38. The second kappa shape index (κ2) is 5.80. The monoisotopic (exact) mass is 218 g/mol. The van der Waals surface area contributed by atoms with Crippen molar-refractivity contribution in [2.45, 2.75) is 33.7 Å². The Bertz CT molecular complexity index is 167. The van der Waals surface area contributed by atoms with Crippen LogP contribution >= 0.6 is 0 Å². The minimum absolute atomic E-state index is 0.0976. The fourth-order valence-electron chi connectivity index (χ4n) is 1.35. The van der Waals surface area contributed by atoms with E-state index >= 15 is 0 Å². The lowest BCUT2D eigenvalue weighted by atomic mass is 9.88. The molecule has 0 radical (unpaired) electrons. The standard InChI is InChI=1S/C11H22O4/c1-4-11(6-12)7-14-10(15-8-11)13-5-9(2)3/h9-10,12H,4-8H2,1-3H3. The molecule has 0 atom stereocenters. The average molecular weight is 218 g/mol. The highest BCUT2D eigenvalue weighted by Gasteiger charge is 2.35. The van der Waals surface area contributed by atoms with Crippen LogP contribution in [0.2, 0.25) is 0 Å². The Labute approximate surface area is 91.5 Å². The number of rotatable bonds is 5. The highest BCUT2D eigenvalue weighted by atomic mass is 16.8. The Morgan fingerprint density at radius 1 is 1.40 bits per heavy atom. The Morgan fingerprint density at radius 2 is 2.00 bits per heavy atom. The van der Waals surface area contributed by atoms with Gasteiger partial charge in [0.1, 0.15) is 0 Å². The molecular weight excluding hydrogens is 196 g/mol. The normalized spacial score (nSPS) is 32.2. The Morgan fingerprint density at radius 3 is 2.40 bits per heavy atom. The fourth-order valence-corrected chi connectivity index (χ4v) is 1.35. The highest BCUT2D eigenvalue weighted by Crippen LogP contribution is 2.27. The lowest BCUT2D eigenvalue weighted by molar-refractivity contribution is -0.343. The summed E-state index contributed by atoms with van der Waals surface area (Å²) >= 11 is 0. The molecule has 0 aromatic rings. The zero-order chi connectivity index (χ0) is 11.3. The van der Waals surface area contributed by atoms with Crippen LogP contribution in [0.1, 0.15) is 27.2 Å². The van der Waals surface area contributed by atoms with Crippen molar-refractivity contribution < 1.29 is 19.3 Å². The number of hydrogen-bond acceptors (Lipinski definition) is 4. The summed E-state index contributed by atoms with van der Waals surface area (Å²) in [6.45, 7) is 7.35. The molecule has 1 rings (SSSR count). The molecule has 0 unspecified atom stereocenters. The molecule has 1 N–H and O–H groups in total. The smallest absolute Gasteiger partial charge is 0.271 e. The lowest BCUT2D eigenvalue weighted by Crippen LogP contribution is -2.44. The first-order chi connectivity index (χ1) is 7.12. The maximum Gasteiger partial charge on any atom is 0.271 e. The molecule has 0 spiro atoms. The van der Waals surface area contributed by atoms with E-state index < -0.39 is 6.48 Å². The third kappa shape index (κ3) is 3.72. The van der Waals surface area contributed by atoms with Crippen molar-refractivity contribution in [3.05, 3.63) is 0 Å². The van der Waals surface area contributed by atoms with Gasteiger partial charge in [0.05, 0.1) is 26.4 Å². The zero-order valence-electron chi connectivity index (χ0n) is 9.86. The van der Waals surface area contributed by atoms with Gasteiger partial charge in [-0.2, -0.15) is 0 Å². The van der Waals surface area contributed by atoms with Crippen LogP contribution in [0.3, 0.4) is 0 Å². The molecule has 1 heterocycles. The second-order valence-electron chi connectivity index (χ2n) is 4.65. The number of aliphatic hydroxyl groups is 1. The molecule has 0 bridgehead atoms. The zero-order valence-corrected chi connectivity index (χ0v) is 9.86. The number of aliphatic hydroxyl groups excluding tert-OH is 1. The van der Waals surface area contributed by atoms with Gasteiger partial charge in [-0.1, -0.05) is 20.8 Å². The van der Waals surface area contributed by atoms with E-state index in [-0.39, 0.29) is 12.0 Å². The van der Waals surface area contributed by atoms with Crippen LogP contribution in [0.5, 0.6) is 0 Å². The Kier molecular flexibility index (Phi) is 4.99. The highest BCUT2D eigenvalue weighted by molar-refractivity contribution is 4.78. The van der Waals surface area contributed by atoms with Crippen molar-refractivity contribution in [2.24, 2.45) is 11.3 Å². The molecule has 0 aromatic heterocycles. The lowest BCUT2D eigenvalue weighted by Gasteiger charge is -2.37. The van der Waals surface area contributed by atoms with Crippen LogP contribution < -0.4 is 0 Å². The second-order valence-corrected chi connectivity index (χ2v) is 4.65. The van der Waals surface area contributed by atoms with Gasteiger partial charge in [-0.15, -0.1) is 0 Å². The first-order valence-electron chi connectivity index (χ1n) is 5.57. The molecule has 4 nitrogen and oxygen atoms in total. The minimum atomic E-state index is -0.557. The Balaban J connectivity index is 2.28. The minimum Gasteiger partial charge on any atom is -0.396 e. The first-order valence-corrected chi connectivity index (χ1v) is 5.57. The summed E-state index contributed by atoms with van der Waals surface area (Å²) in [5.74, 6) is 0.466. The van der Waals surface area contributed by atoms with Gasteiger partial charge < -0.3 is 19.3 Å². The van der Waals surface area contributed by atoms with Crippen LogP contribution in [0.25, 0.3) is 0 Å². The molecule has 1 aliphatic heterocycles. The summed E-state index contributed by atoms with van der Waals surface area (Å²) in [6.07, 6.45) is 0.848. The van der Waals surface area contributed by atoms with Gasteiger partial charge >= 0.3 is 0 Å². The summed E-state index contributed by atoms with van der Waals surface area (Å²) in [4.78, 5) is 0. The van der Waals surface area contributed by atoms with Gasteiger partial charge in [0, 0.05) is 5.41 Å². The predicted molar refractivity (Wildman–Crippen MR) is 56.3 cm³/mol. The van der Waals surface area contributed by atoms with E-state index in [9.17, 15) is 5.11 Å². The van der Waals surface area contributed by atoms with Crippen molar-refractivity contribution in [3.8, 4) is 0 Å². The maximum absolute atomic E-state index is 9.25. The van der Waals surface area contributed by atoms with Crippen molar-refractivity contribution >= 4 is 0 Å². The van der Waals surface area contributed by atoms with Gasteiger partial charge in [-0.3, -0.25) is 0 Å². The molecule has 1 saturated heterocycles. The van der Waals surface area contributed by atoms with E-state index in [1.807, 2.05) is 6.92 Å². The molecule has 90 valence electrons. The van der Waals surface area contributed by atoms with E-state index in [1.54, 1.807) is 0 Å². The number of hydrogen-bond donors (Lipinski definition) is 1. The van der Waals surface area contributed by atoms with Gasteiger partial charge in [-0.25, -0.2) is 0 Å². The molecule has 0 aromatic carbocycles. The summed E-state index contributed by atoms with van der Waals surface area (Å²) in [7, 11) is 0. The fraction of sp³-hybridized carbons (Fsp3) is 1.00. The van der Waals surface area contributed by atoms with E-state index in [2.05, 4.69) is 13.8 Å².